The van der Waals surface area contributed by atoms with Gasteiger partial charge in [-0.1, -0.05) is 6.07 Å². The van der Waals surface area contributed by atoms with Crippen LogP contribution in [0.2, 0.25) is 0 Å². The molecule has 1 aromatic carbocycles. The van der Waals surface area contributed by atoms with Crippen molar-refractivity contribution in [1.29, 1.82) is 5.26 Å². The average molecular weight is 288 g/mol. The first kappa shape index (κ1) is 15.1. The lowest BCUT2D eigenvalue weighted by Gasteiger charge is -2.23. The van der Waals surface area contributed by atoms with E-state index in [9.17, 15) is 19.1 Å². The number of nitrogens with zero attached hydrogens (tertiary/aromatic N) is 2. The maximum Gasteiger partial charge on any atom is 0.129 e. The first-order chi connectivity index (χ1) is 10.2. The van der Waals surface area contributed by atoms with Gasteiger partial charge in [0.1, 0.15) is 11.6 Å². The fraction of sp³-hybridized carbons (Fsp3) is 0.250. The Balaban J connectivity index is 2.50. The molecule has 0 saturated carbocycles. The van der Waals surface area contributed by atoms with Gasteiger partial charge in [-0.3, -0.25) is 4.98 Å². The van der Waals surface area contributed by atoms with Gasteiger partial charge in [-0.15, -0.1) is 0 Å². The number of hydrogen-bond donors (Lipinski definition) is 1. The first-order valence-electron chi connectivity index (χ1n) is 6.53. The van der Waals surface area contributed by atoms with Crippen molar-refractivity contribution in [3.63, 3.8) is 0 Å². The van der Waals surface area contributed by atoms with Gasteiger partial charge in [0, 0.05) is 30.5 Å². The fourth-order valence-electron chi connectivity index (χ4n) is 2.45. The highest BCUT2D eigenvalue weighted by atomic mass is 19.1. The lowest BCUT2D eigenvalue weighted by atomic mass is 9.80. The van der Waals surface area contributed by atoms with Crippen LogP contribution in [0.5, 0.6) is 0 Å². The minimum atomic E-state index is -0.761. The van der Waals surface area contributed by atoms with E-state index in [1.807, 2.05) is 0 Å². The third-order valence-corrected chi connectivity index (χ3v) is 3.42. The van der Waals surface area contributed by atoms with Crippen molar-refractivity contribution >= 4 is 0 Å². The molecule has 3 nitrogen and oxygen atoms in total. The number of nitriles is 1. The van der Waals surface area contributed by atoms with Crippen molar-refractivity contribution < 1.29 is 13.9 Å². The molecule has 2 aromatic rings. The summed E-state index contributed by atoms with van der Waals surface area (Å²) >= 11 is 0. The highest BCUT2D eigenvalue weighted by Crippen LogP contribution is 2.37. The van der Waals surface area contributed by atoms with E-state index in [0.29, 0.717) is 5.56 Å². The number of aliphatic hydroxyl groups excluding tert-OH is 1. The maximum atomic E-state index is 14.0. The number of hydrogen-bond acceptors (Lipinski definition) is 3. The molecule has 0 spiro atoms. The predicted octanol–water partition coefficient (Wildman–Crippen LogP) is 3.13. The Hall–Kier alpha value is -2.32. The molecule has 5 heteroatoms. The molecule has 1 heterocycles. The summed E-state index contributed by atoms with van der Waals surface area (Å²) in [6.45, 7) is -0.262. The SMILES string of the molecule is N#C[C@H](c1ccncc1)[C@H](CCO)c1c(F)cccc1F. The molecule has 21 heavy (non-hydrogen) atoms. The van der Waals surface area contributed by atoms with E-state index in [1.54, 1.807) is 12.1 Å². The highest BCUT2D eigenvalue weighted by molar-refractivity contribution is 5.33. The van der Waals surface area contributed by atoms with Crippen LogP contribution in [0.25, 0.3) is 0 Å². The molecule has 0 aliphatic heterocycles. The zero-order valence-corrected chi connectivity index (χ0v) is 11.2. The zero-order chi connectivity index (χ0) is 15.2. The van der Waals surface area contributed by atoms with Gasteiger partial charge < -0.3 is 5.11 Å². The van der Waals surface area contributed by atoms with Crippen LogP contribution < -0.4 is 0 Å². The Morgan fingerprint density at radius 3 is 2.29 bits per heavy atom. The second-order valence-electron chi connectivity index (χ2n) is 4.64. The van der Waals surface area contributed by atoms with Crippen LogP contribution in [0, 0.1) is 23.0 Å². The summed E-state index contributed by atoms with van der Waals surface area (Å²) in [6.07, 6.45) is 3.14. The van der Waals surface area contributed by atoms with Gasteiger partial charge in [-0.2, -0.15) is 5.26 Å². The van der Waals surface area contributed by atoms with Crippen LogP contribution in [0.1, 0.15) is 29.4 Å². The van der Waals surface area contributed by atoms with Gasteiger partial charge in [0.25, 0.3) is 0 Å². The van der Waals surface area contributed by atoms with Gasteiger partial charge in [-0.25, -0.2) is 8.78 Å². The van der Waals surface area contributed by atoms with E-state index in [0.717, 1.165) is 12.1 Å². The average Bonchev–Trinajstić information content (AvgIpc) is 2.49. The summed E-state index contributed by atoms with van der Waals surface area (Å²) in [6, 6.07) is 8.94. The molecule has 1 aromatic heterocycles. The topological polar surface area (TPSA) is 56.9 Å². The van der Waals surface area contributed by atoms with Crippen LogP contribution in [0.15, 0.2) is 42.7 Å². The molecule has 0 radical (unpaired) electrons. The number of aliphatic hydroxyl groups is 1. The summed E-state index contributed by atoms with van der Waals surface area (Å²) < 4.78 is 28.0. The zero-order valence-electron chi connectivity index (χ0n) is 11.2. The second-order valence-corrected chi connectivity index (χ2v) is 4.64. The predicted molar refractivity (Wildman–Crippen MR) is 73.4 cm³/mol. The Kier molecular flexibility index (Phi) is 4.96. The van der Waals surface area contributed by atoms with E-state index >= 15 is 0 Å². The molecule has 0 bridgehead atoms. The summed E-state index contributed by atoms with van der Waals surface area (Å²) in [4.78, 5) is 3.87. The van der Waals surface area contributed by atoms with Gasteiger partial charge in [0.05, 0.1) is 12.0 Å². The summed E-state index contributed by atoms with van der Waals surface area (Å²) in [7, 11) is 0. The normalized spacial score (nSPS) is 13.4. The van der Waals surface area contributed by atoms with E-state index in [4.69, 9.17) is 0 Å². The molecule has 0 amide bonds. The third kappa shape index (κ3) is 3.23. The second kappa shape index (κ2) is 6.91. The van der Waals surface area contributed by atoms with E-state index in [1.165, 1.54) is 18.5 Å². The van der Waals surface area contributed by atoms with Crippen molar-refractivity contribution in [3.8, 4) is 6.07 Å². The van der Waals surface area contributed by atoms with Gasteiger partial charge in [0.2, 0.25) is 0 Å². The minimum Gasteiger partial charge on any atom is -0.396 e. The van der Waals surface area contributed by atoms with Crippen LogP contribution >= 0.6 is 0 Å². The lowest BCUT2D eigenvalue weighted by molar-refractivity contribution is 0.269. The van der Waals surface area contributed by atoms with Crippen LogP contribution in [-0.2, 0) is 0 Å². The van der Waals surface area contributed by atoms with E-state index in [2.05, 4.69) is 11.1 Å². The molecule has 2 atom stereocenters. The number of benzene rings is 1. The number of pyridine rings is 1. The van der Waals surface area contributed by atoms with Crippen molar-refractivity contribution in [2.24, 2.45) is 0 Å². The number of aromatic nitrogens is 1. The quantitative estimate of drug-likeness (QED) is 0.919. The lowest BCUT2D eigenvalue weighted by Crippen LogP contribution is -2.15. The Morgan fingerprint density at radius 1 is 1.14 bits per heavy atom. The summed E-state index contributed by atoms with van der Waals surface area (Å²) in [5, 5.41) is 18.6. The van der Waals surface area contributed by atoms with E-state index < -0.39 is 23.5 Å². The molecule has 0 aliphatic carbocycles. The molecule has 108 valence electrons. The largest absolute Gasteiger partial charge is 0.396 e. The summed E-state index contributed by atoms with van der Waals surface area (Å²) in [5.41, 5.74) is 0.462. The summed E-state index contributed by atoms with van der Waals surface area (Å²) in [5.74, 6) is -2.93. The van der Waals surface area contributed by atoms with Crippen molar-refractivity contribution in [1.82, 2.24) is 4.98 Å². The Bertz CT molecular complexity index is 620. The molecule has 0 saturated heterocycles. The molecular weight excluding hydrogens is 274 g/mol. The Morgan fingerprint density at radius 2 is 1.76 bits per heavy atom. The first-order valence-corrected chi connectivity index (χ1v) is 6.53. The maximum absolute atomic E-state index is 14.0. The number of halogens is 2. The van der Waals surface area contributed by atoms with Crippen LogP contribution in [0.4, 0.5) is 8.78 Å². The minimum absolute atomic E-state index is 0.0956. The van der Waals surface area contributed by atoms with Crippen LogP contribution in [0.3, 0.4) is 0 Å². The van der Waals surface area contributed by atoms with Crippen LogP contribution in [-0.4, -0.2) is 16.7 Å². The molecule has 0 unspecified atom stereocenters. The van der Waals surface area contributed by atoms with Gasteiger partial charge in [0.15, 0.2) is 0 Å². The van der Waals surface area contributed by atoms with Gasteiger partial charge >= 0.3 is 0 Å². The van der Waals surface area contributed by atoms with Crippen molar-refractivity contribution in [2.75, 3.05) is 6.61 Å². The van der Waals surface area contributed by atoms with Crippen molar-refractivity contribution in [3.05, 3.63) is 65.5 Å². The molecule has 2 rings (SSSR count). The smallest absolute Gasteiger partial charge is 0.129 e. The molecule has 0 aliphatic rings. The third-order valence-electron chi connectivity index (χ3n) is 3.42. The molecule has 0 fully saturated rings. The highest BCUT2D eigenvalue weighted by Gasteiger charge is 2.29. The van der Waals surface area contributed by atoms with Crippen molar-refractivity contribution in [2.45, 2.75) is 18.3 Å². The van der Waals surface area contributed by atoms with Gasteiger partial charge in [-0.05, 0) is 36.2 Å². The number of rotatable bonds is 5. The van der Waals surface area contributed by atoms with E-state index in [-0.39, 0.29) is 18.6 Å². The fourth-order valence-corrected chi connectivity index (χ4v) is 2.45. The standard InChI is InChI=1S/C16H14F2N2O/c17-14-2-1-3-15(18)16(14)12(6-9-21)13(10-19)11-4-7-20-8-5-11/h1-5,7-8,12-13,21H,6,9H2/t12-,13+/m0/s1. The Labute approximate surface area is 121 Å². The molecular formula is C16H14F2N2O. The monoisotopic (exact) mass is 288 g/mol. The molecule has 1 N–H and O–H groups in total.